The summed E-state index contributed by atoms with van der Waals surface area (Å²) in [6, 6.07) is 17.6. The Bertz CT molecular complexity index is 975. The number of amides is 1. The topological polar surface area (TPSA) is 68.0 Å². The highest BCUT2D eigenvalue weighted by Crippen LogP contribution is 2.25. The molecule has 0 radical (unpaired) electrons. The summed E-state index contributed by atoms with van der Waals surface area (Å²) in [5.41, 5.74) is 1.86. The predicted molar refractivity (Wildman–Crippen MR) is 98.5 cm³/mol. The summed E-state index contributed by atoms with van der Waals surface area (Å²) in [6.45, 7) is 0. The highest BCUT2D eigenvalue weighted by atomic mass is 32.1. The molecule has 1 N–H and O–H groups in total. The molecule has 0 fully saturated rings. The number of carbonyl (C=O) groups is 1. The van der Waals surface area contributed by atoms with Gasteiger partial charge in [0.15, 0.2) is 16.8 Å². The molecule has 4 aromatic rings. The number of rotatable bonds is 5. The smallest absolute Gasteiger partial charge is 0.226 e. The molecule has 0 atom stereocenters. The van der Waals surface area contributed by atoms with Gasteiger partial charge in [-0.25, -0.2) is 9.97 Å². The van der Waals surface area contributed by atoms with E-state index in [-0.39, 0.29) is 5.91 Å². The largest absolute Gasteiger partial charge is 0.441 e. The van der Waals surface area contributed by atoms with Crippen molar-refractivity contribution in [2.45, 2.75) is 12.8 Å². The van der Waals surface area contributed by atoms with Gasteiger partial charge in [0.2, 0.25) is 5.91 Å². The van der Waals surface area contributed by atoms with E-state index in [0.29, 0.717) is 29.6 Å². The minimum atomic E-state index is -0.0986. The quantitative estimate of drug-likeness (QED) is 0.575. The van der Waals surface area contributed by atoms with Crippen LogP contribution in [0.2, 0.25) is 0 Å². The zero-order valence-electron chi connectivity index (χ0n) is 13.3. The maximum atomic E-state index is 12.1. The van der Waals surface area contributed by atoms with Gasteiger partial charge in [-0.15, -0.1) is 0 Å². The number of fused-ring (bicyclic) bond motifs is 1. The van der Waals surface area contributed by atoms with Gasteiger partial charge in [-0.1, -0.05) is 53.8 Å². The van der Waals surface area contributed by atoms with Crippen LogP contribution >= 0.6 is 11.3 Å². The van der Waals surface area contributed by atoms with Gasteiger partial charge in [0.1, 0.15) is 0 Å². The van der Waals surface area contributed by atoms with Gasteiger partial charge < -0.3 is 9.73 Å². The van der Waals surface area contributed by atoms with E-state index in [1.165, 1.54) is 11.3 Å². The second kappa shape index (κ2) is 6.86. The van der Waals surface area contributed by atoms with E-state index in [4.69, 9.17) is 4.42 Å². The van der Waals surface area contributed by atoms with Crippen LogP contribution in [0.4, 0.5) is 5.13 Å². The molecule has 124 valence electrons. The Morgan fingerprint density at radius 1 is 1.08 bits per heavy atom. The van der Waals surface area contributed by atoms with E-state index in [0.717, 1.165) is 15.8 Å². The van der Waals surface area contributed by atoms with Crippen molar-refractivity contribution in [3.8, 4) is 11.3 Å². The molecule has 6 heteroatoms. The second-order valence-corrected chi connectivity index (χ2v) is 6.55. The molecule has 2 aromatic heterocycles. The average molecular weight is 349 g/mol. The first-order valence-corrected chi connectivity index (χ1v) is 8.75. The molecule has 2 heterocycles. The first kappa shape index (κ1) is 15.5. The number of anilines is 1. The van der Waals surface area contributed by atoms with Gasteiger partial charge in [-0.3, -0.25) is 4.79 Å². The summed E-state index contributed by atoms with van der Waals surface area (Å²) in [6.07, 6.45) is 2.43. The highest BCUT2D eigenvalue weighted by molar-refractivity contribution is 7.22. The number of oxazole rings is 1. The van der Waals surface area contributed by atoms with Crippen LogP contribution in [-0.4, -0.2) is 15.9 Å². The van der Waals surface area contributed by atoms with Gasteiger partial charge in [0.25, 0.3) is 0 Å². The third kappa shape index (κ3) is 3.59. The Hall–Kier alpha value is -2.99. The lowest BCUT2D eigenvalue weighted by atomic mass is 10.2. The lowest BCUT2D eigenvalue weighted by molar-refractivity contribution is -0.116. The number of thiazole rings is 1. The van der Waals surface area contributed by atoms with Crippen molar-refractivity contribution in [3.05, 3.63) is 66.7 Å². The van der Waals surface area contributed by atoms with Gasteiger partial charge in [-0.2, -0.15) is 0 Å². The third-order valence-corrected chi connectivity index (χ3v) is 4.67. The minimum absolute atomic E-state index is 0.0986. The maximum Gasteiger partial charge on any atom is 0.226 e. The number of aryl methyl sites for hydroxylation is 1. The first-order valence-electron chi connectivity index (χ1n) is 7.93. The van der Waals surface area contributed by atoms with E-state index in [1.807, 2.05) is 54.6 Å². The number of hydrogen-bond acceptors (Lipinski definition) is 5. The SMILES string of the molecule is O=C(CCc1ncc(-c2ccccc2)o1)Nc1nc2ccccc2s1. The molecule has 0 unspecified atom stereocenters. The zero-order chi connectivity index (χ0) is 17.1. The number of hydrogen-bond donors (Lipinski definition) is 1. The van der Waals surface area contributed by atoms with Crippen LogP contribution in [0.1, 0.15) is 12.3 Å². The number of nitrogens with one attached hydrogen (secondary N) is 1. The Morgan fingerprint density at radius 3 is 2.72 bits per heavy atom. The fraction of sp³-hybridized carbons (Fsp3) is 0.105. The standard InChI is InChI=1S/C19H15N3O2S/c23-17(22-19-21-14-8-4-5-9-16(14)25-19)10-11-18-20-12-15(24-18)13-6-2-1-3-7-13/h1-9,12H,10-11H2,(H,21,22,23). The number of para-hydroxylation sites is 1. The molecular weight excluding hydrogens is 334 g/mol. The van der Waals surface area contributed by atoms with Gasteiger partial charge in [-0.05, 0) is 12.1 Å². The number of benzene rings is 2. The molecule has 5 nitrogen and oxygen atoms in total. The summed E-state index contributed by atoms with van der Waals surface area (Å²) >= 11 is 1.47. The van der Waals surface area contributed by atoms with Crippen molar-refractivity contribution >= 4 is 32.6 Å². The average Bonchev–Trinajstić information content (AvgIpc) is 3.27. The molecule has 0 aliphatic rings. The van der Waals surface area contributed by atoms with Crippen molar-refractivity contribution in [2.75, 3.05) is 5.32 Å². The molecule has 0 aliphatic carbocycles. The molecular formula is C19H15N3O2S. The van der Waals surface area contributed by atoms with Crippen LogP contribution in [0.25, 0.3) is 21.5 Å². The van der Waals surface area contributed by atoms with Crippen molar-refractivity contribution in [2.24, 2.45) is 0 Å². The van der Waals surface area contributed by atoms with E-state index >= 15 is 0 Å². The van der Waals surface area contributed by atoms with Crippen LogP contribution in [0, 0.1) is 0 Å². The molecule has 0 aliphatic heterocycles. The Kier molecular flexibility index (Phi) is 4.26. The molecule has 4 rings (SSSR count). The highest BCUT2D eigenvalue weighted by Gasteiger charge is 2.11. The Balaban J connectivity index is 1.36. The molecule has 1 amide bonds. The third-order valence-electron chi connectivity index (χ3n) is 3.72. The minimum Gasteiger partial charge on any atom is -0.441 e. The van der Waals surface area contributed by atoms with E-state index < -0.39 is 0 Å². The molecule has 2 aromatic carbocycles. The summed E-state index contributed by atoms with van der Waals surface area (Å²) < 4.78 is 6.77. The van der Waals surface area contributed by atoms with Crippen molar-refractivity contribution in [3.63, 3.8) is 0 Å². The number of carbonyl (C=O) groups excluding carboxylic acids is 1. The second-order valence-electron chi connectivity index (χ2n) is 5.52. The van der Waals surface area contributed by atoms with Gasteiger partial charge in [0, 0.05) is 18.4 Å². The fourth-order valence-corrected chi connectivity index (χ4v) is 3.37. The lowest BCUT2D eigenvalue weighted by Crippen LogP contribution is -2.12. The Labute approximate surface area is 148 Å². The monoisotopic (exact) mass is 349 g/mol. The summed E-state index contributed by atoms with van der Waals surface area (Å²) in [7, 11) is 0. The molecule has 0 saturated heterocycles. The van der Waals surface area contributed by atoms with E-state index in [9.17, 15) is 4.79 Å². The first-order chi connectivity index (χ1) is 12.3. The van der Waals surface area contributed by atoms with Gasteiger partial charge >= 0.3 is 0 Å². The van der Waals surface area contributed by atoms with E-state index in [1.54, 1.807) is 6.20 Å². The van der Waals surface area contributed by atoms with Crippen LogP contribution in [0.3, 0.4) is 0 Å². The normalized spacial score (nSPS) is 10.9. The van der Waals surface area contributed by atoms with Crippen molar-refractivity contribution in [1.29, 1.82) is 0 Å². The van der Waals surface area contributed by atoms with E-state index in [2.05, 4.69) is 15.3 Å². The molecule has 0 spiro atoms. The lowest BCUT2D eigenvalue weighted by Gasteiger charge is -1.99. The van der Waals surface area contributed by atoms with Gasteiger partial charge in [0.05, 0.1) is 16.4 Å². The van der Waals surface area contributed by atoms with Crippen LogP contribution < -0.4 is 5.32 Å². The summed E-state index contributed by atoms with van der Waals surface area (Å²) in [5.74, 6) is 1.17. The molecule has 25 heavy (non-hydrogen) atoms. The molecule has 0 saturated carbocycles. The Morgan fingerprint density at radius 2 is 1.88 bits per heavy atom. The van der Waals surface area contributed by atoms with Crippen LogP contribution in [-0.2, 0) is 11.2 Å². The zero-order valence-corrected chi connectivity index (χ0v) is 14.1. The van der Waals surface area contributed by atoms with Crippen LogP contribution in [0.15, 0.2) is 65.2 Å². The number of nitrogens with zero attached hydrogens (tertiary/aromatic N) is 2. The van der Waals surface area contributed by atoms with Crippen molar-refractivity contribution in [1.82, 2.24) is 9.97 Å². The predicted octanol–water partition coefficient (Wildman–Crippen LogP) is 4.52. The molecule has 0 bridgehead atoms. The van der Waals surface area contributed by atoms with Crippen LogP contribution in [0.5, 0.6) is 0 Å². The number of aromatic nitrogens is 2. The summed E-state index contributed by atoms with van der Waals surface area (Å²) in [4.78, 5) is 20.8. The summed E-state index contributed by atoms with van der Waals surface area (Å²) in [5, 5.41) is 3.45. The van der Waals surface area contributed by atoms with Crippen molar-refractivity contribution < 1.29 is 9.21 Å². The fourth-order valence-electron chi connectivity index (χ4n) is 2.49. The maximum absolute atomic E-state index is 12.1.